The summed E-state index contributed by atoms with van der Waals surface area (Å²) in [6.07, 6.45) is 0.299. The molecule has 1 unspecified atom stereocenters. The molecular formula is C18H28BNO3. The average molecular weight is 317 g/mol. The van der Waals surface area contributed by atoms with Crippen LogP contribution in [-0.2, 0) is 20.6 Å². The molecule has 2 aliphatic rings. The monoisotopic (exact) mass is 317 g/mol. The van der Waals surface area contributed by atoms with Gasteiger partial charge in [-0.2, -0.15) is 0 Å². The van der Waals surface area contributed by atoms with E-state index in [1.54, 1.807) is 0 Å². The van der Waals surface area contributed by atoms with Crippen molar-refractivity contribution in [1.82, 2.24) is 4.90 Å². The summed E-state index contributed by atoms with van der Waals surface area (Å²) >= 11 is 0. The van der Waals surface area contributed by atoms with E-state index in [9.17, 15) is 0 Å². The van der Waals surface area contributed by atoms with Crippen LogP contribution in [0.3, 0.4) is 0 Å². The number of nitrogens with zero attached hydrogens (tertiary/aromatic N) is 1. The molecule has 0 aliphatic carbocycles. The van der Waals surface area contributed by atoms with E-state index in [1.807, 2.05) is 0 Å². The second kappa shape index (κ2) is 6.21. The lowest BCUT2D eigenvalue weighted by atomic mass is 9.76. The van der Waals surface area contributed by atoms with E-state index in [2.05, 4.69) is 63.8 Å². The van der Waals surface area contributed by atoms with Gasteiger partial charge >= 0.3 is 7.12 Å². The molecule has 1 atom stereocenters. The van der Waals surface area contributed by atoms with Crippen molar-refractivity contribution >= 4 is 12.6 Å². The molecule has 0 bridgehead atoms. The lowest BCUT2D eigenvalue weighted by molar-refractivity contribution is -0.0211. The molecular weight excluding hydrogens is 289 g/mol. The highest BCUT2D eigenvalue weighted by Crippen LogP contribution is 2.36. The topological polar surface area (TPSA) is 30.9 Å². The predicted octanol–water partition coefficient (Wildman–Crippen LogP) is 2.21. The first-order chi connectivity index (χ1) is 10.8. The Morgan fingerprint density at radius 3 is 2.43 bits per heavy atom. The minimum atomic E-state index is -0.307. The van der Waals surface area contributed by atoms with Crippen LogP contribution >= 0.6 is 0 Å². The fraction of sp³-hybridized carbons (Fsp3) is 0.667. The Labute approximate surface area is 140 Å². The predicted molar refractivity (Wildman–Crippen MR) is 92.8 cm³/mol. The van der Waals surface area contributed by atoms with E-state index < -0.39 is 0 Å². The maximum atomic E-state index is 6.24. The van der Waals surface area contributed by atoms with Crippen LogP contribution in [0.4, 0.5) is 0 Å². The van der Waals surface area contributed by atoms with Crippen LogP contribution in [0.2, 0.25) is 0 Å². The van der Waals surface area contributed by atoms with E-state index in [4.69, 9.17) is 14.0 Å². The van der Waals surface area contributed by atoms with Crippen LogP contribution in [0, 0.1) is 0 Å². The number of benzene rings is 1. The Kier molecular flexibility index (Phi) is 4.58. The lowest BCUT2D eigenvalue weighted by Gasteiger charge is -2.32. The molecule has 3 rings (SSSR count). The quantitative estimate of drug-likeness (QED) is 0.800. The van der Waals surface area contributed by atoms with Gasteiger partial charge in [-0.05, 0) is 45.6 Å². The molecule has 2 heterocycles. The Morgan fingerprint density at radius 2 is 1.78 bits per heavy atom. The number of rotatable bonds is 3. The summed E-state index contributed by atoms with van der Waals surface area (Å²) in [5, 5.41) is 0. The molecule has 2 aliphatic heterocycles. The lowest BCUT2D eigenvalue weighted by Crippen LogP contribution is -2.43. The summed E-state index contributed by atoms with van der Waals surface area (Å²) in [7, 11) is -0.297. The summed E-state index contributed by atoms with van der Waals surface area (Å²) in [6, 6.07) is 8.46. The molecule has 1 aromatic rings. The Balaban J connectivity index is 1.79. The number of ether oxygens (including phenoxy) is 1. The standard InChI is InChI=1S/C18H28BNO3/c1-14-12-20(10-11-21-14)13-15-8-6-7-9-16(15)19-22-17(2,3)18(4,5)23-19/h6-9,14H,10-13H2,1-5H3. The highest BCUT2D eigenvalue weighted by molar-refractivity contribution is 6.62. The van der Waals surface area contributed by atoms with Gasteiger partial charge in [0.2, 0.25) is 0 Å². The smallest absolute Gasteiger partial charge is 0.399 e. The first kappa shape index (κ1) is 17.0. The molecule has 23 heavy (non-hydrogen) atoms. The molecule has 0 N–H and O–H groups in total. The molecule has 4 nitrogen and oxygen atoms in total. The molecule has 0 aromatic heterocycles. The molecule has 0 saturated carbocycles. The second-order valence-corrected chi connectivity index (χ2v) is 7.70. The van der Waals surface area contributed by atoms with Crippen molar-refractivity contribution in [3.8, 4) is 0 Å². The third-order valence-electron chi connectivity index (χ3n) is 5.28. The van der Waals surface area contributed by atoms with Crippen molar-refractivity contribution in [3.05, 3.63) is 29.8 Å². The molecule has 2 saturated heterocycles. The zero-order chi connectivity index (χ0) is 16.7. The van der Waals surface area contributed by atoms with Crippen LogP contribution in [-0.4, -0.2) is 49.0 Å². The maximum absolute atomic E-state index is 6.24. The van der Waals surface area contributed by atoms with E-state index in [0.29, 0.717) is 6.10 Å². The van der Waals surface area contributed by atoms with E-state index in [0.717, 1.165) is 31.7 Å². The number of hydrogen-bond acceptors (Lipinski definition) is 4. The van der Waals surface area contributed by atoms with Crippen molar-refractivity contribution in [3.63, 3.8) is 0 Å². The minimum Gasteiger partial charge on any atom is -0.399 e. The summed E-state index contributed by atoms with van der Waals surface area (Å²) in [5.41, 5.74) is 1.81. The van der Waals surface area contributed by atoms with E-state index >= 15 is 0 Å². The molecule has 0 amide bonds. The third kappa shape index (κ3) is 3.48. The van der Waals surface area contributed by atoms with Gasteiger partial charge in [0.05, 0.1) is 23.9 Å². The average Bonchev–Trinajstić information content (AvgIpc) is 2.68. The van der Waals surface area contributed by atoms with Crippen LogP contribution < -0.4 is 5.46 Å². The maximum Gasteiger partial charge on any atom is 0.495 e. The van der Waals surface area contributed by atoms with Gasteiger partial charge in [-0.15, -0.1) is 0 Å². The van der Waals surface area contributed by atoms with Crippen LogP contribution in [0.15, 0.2) is 24.3 Å². The fourth-order valence-electron chi connectivity index (χ4n) is 3.15. The molecule has 0 radical (unpaired) electrons. The van der Waals surface area contributed by atoms with Gasteiger partial charge in [-0.1, -0.05) is 24.3 Å². The van der Waals surface area contributed by atoms with Crippen molar-refractivity contribution < 1.29 is 14.0 Å². The van der Waals surface area contributed by atoms with Crippen LogP contribution in [0.1, 0.15) is 40.2 Å². The Morgan fingerprint density at radius 1 is 1.13 bits per heavy atom. The molecule has 2 fully saturated rings. The van der Waals surface area contributed by atoms with Gasteiger partial charge in [0, 0.05) is 19.6 Å². The SMILES string of the molecule is CC1CN(Cc2ccccc2B2OC(C)(C)C(C)(C)O2)CCO1. The zero-order valence-electron chi connectivity index (χ0n) is 15.0. The zero-order valence-corrected chi connectivity index (χ0v) is 15.0. The molecule has 0 spiro atoms. The summed E-state index contributed by atoms with van der Waals surface area (Å²) < 4.78 is 18.1. The van der Waals surface area contributed by atoms with Gasteiger partial charge < -0.3 is 14.0 Å². The van der Waals surface area contributed by atoms with E-state index in [-0.39, 0.29) is 18.3 Å². The van der Waals surface area contributed by atoms with Crippen molar-refractivity contribution in [2.45, 2.75) is 58.5 Å². The summed E-state index contributed by atoms with van der Waals surface area (Å²) in [5.74, 6) is 0. The number of hydrogen-bond donors (Lipinski definition) is 0. The normalized spacial score (nSPS) is 27.3. The Hall–Kier alpha value is -0.875. The van der Waals surface area contributed by atoms with Gasteiger partial charge in [0.1, 0.15) is 0 Å². The molecule has 1 aromatic carbocycles. The van der Waals surface area contributed by atoms with Crippen LogP contribution in [0.25, 0.3) is 0 Å². The van der Waals surface area contributed by atoms with Crippen molar-refractivity contribution in [1.29, 1.82) is 0 Å². The minimum absolute atomic E-state index is 0.297. The largest absolute Gasteiger partial charge is 0.495 e. The van der Waals surface area contributed by atoms with E-state index in [1.165, 1.54) is 5.56 Å². The van der Waals surface area contributed by atoms with Gasteiger partial charge in [-0.25, -0.2) is 0 Å². The summed E-state index contributed by atoms with van der Waals surface area (Å²) in [6.45, 7) is 14.2. The van der Waals surface area contributed by atoms with Gasteiger partial charge in [0.25, 0.3) is 0 Å². The molecule has 5 heteroatoms. The fourth-order valence-corrected chi connectivity index (χ4v) is 3.15. The first-order valence-corrected chi connectivity index (χ1v) is 8.56. The van der Waals surface area contributed by atoms with Crippen molar-refractivity contribution in [2.75, 3.05) is 19.7 Å². The highest BCUT2D eigenvalue weighted by Gasteiger charge is 2.52. The van der Waals surface area contributed by atoms with Crippen LogP contribution in [0.5, 0.6) is 0 Å². The first-order valence-electron chi connectivity index (χ1n) is 8.56. The van der Waals surface area contributed by atoms with Crippen molar-refractivity contribution in [2.24, 2.45) is 0 Å². The number of morpholine rings is 1. The second-order valence-electron chi connectivity index (χ2n) is 7.70. The van der Waals surface area contributed by atoms with Gasteiger partial charge in [-0.3, -0.25) is 4.90 Å². The Bertz CT molecular complexity index is 545. The summed E-state index contributed by atoms with van der Waals surface area (Å²) in [4.78, 5) is 2.44. The highest BCUT2D eigenvalue weighted by atomic mass is 16.7. The molecule has 126 valence electrons. The third-order valence-corrected chi connectivity index (χ3v) is 5.28. The van der Waals surface area contributed by atoms with Gasteiger partial charge in [0.15, 0.2) is 0 Å².